The monoisotopic (exact) mass is 393 g/mol. The molecule has 1 amide bonds. The fraction of sp³-hybridized carbons (Fsp3) is 0.476. The third kappa shape index (κ3) is 3.72. The van der Waals surface area contributed by atoms with Gasteiger partial charge in [0.25, 0.3) is 5.91 Å². The van der Waals surface area contributed by atoms with Crippen molar-refractivity contribution >= 4 is 29.0 Å². The van der Waals surface area contributed by atoms with Gasteiger partial charge in [-0.3, -0.25) is 4.79 Å². The highest BCUT2D eigenvalue weighted by Crippen LogP contribution is 2.47. The Labute approximate surface area is 169 Å². The van der Waals surface area contributed by atoms with E-state index in [0.717, 1.165) is 43.6 Å². The fourth-order valence-corrected chi connectivity index (χ4v) is 4.17. The summed E-state index contributed by atoms with van der Waals surface area (Å²) >= 11 is 0. The summed E-state index contributed by atoms with van der Waals surface area (Å²) in [5.74, 6) is 0.905. The van der Waals surface area contributed by atoms with Crippen LogP contribution >= 0.6 is 0 Å². The Morgan fingerprint density at radius 2 is 2.14 bits per heavy atom. The molecule has 1 atom stereocenters. The number of nitrogens with zero attached hydrogens (tertiary/aromatic N) is 2. The highest BCUT2D eigenvalue weighted by molar-refractivity contribution is 5.98. The zero-order valence-electron chi connectivity index (χ0n) is 16.4. The van der Waals surface area contributed by atoms with Gasteiger partial charge in [0.2, 0.25) is 5.95 Å². The van der Waals surface area contributed by atoms with Gasteiger partial charge in [0, 0.05) is 35.7 Å². The second kappa shape index (κ2) is 6.88. The number of carbonyl (C=O) groups is 1. The van der Waals surface area contributed by atoms with Crippen molar-refractivity contribution in [2.75, 3.05) is 22.5 Å². The lowest BCUT2D eigenvalue weighted by molar-refractivity contribution is 0.100. The molecular formula is C21H27N7O. The van der Waals surface area contributed by atoms with E-state index < -0.39 is 5.91 Å². The van der Waals surface area contributed by atoms with Gasteiger partial charge in [-0.25, -0.2) is 4.98 Å². The van der Waals surface area contributed by atoms with Gasteiger partial charge >= 0.3 is 0 Å². The van der Waals surface area contributed by atoms with Gasteiger partial charge in [0.1, 0.15) is 11.4 Å². The Kier molecular flexibility index (Phi) is 4.31. The van der Waals surface area contributed by atoms with Crippen LogP contribution in [0.5, 0.6) is 0 Å². The summed E-state index contributed by atoms with van der Waals surface area (Å²) in [5, 5.41) is 10.1. The van der Waals surface area contributed by atoms with E-state index in [4.69, 9.17) is 11.5 Å². The summed E-state index contributed by atoms with van der Waals surface area (Å²) in [6, 6.07) is 6.29. The minimum atomic E-state index is -0.560. The van der Waals surface area contributed by atoms with E-state index in [-0.39, 0.29) is 17.1 Å². The highest BCUT2D eigenvalue weighted by atomic mass is 16.1. The minimum Gasteiger partial charge on any atom is -0.385 e. The molecule has 2 aromatic rings. The third-order valence-corrected chi connectivity index (χ3v) is 6.19. The van der Waals surface area contributed by atoms with Crippen molar-refractivity contribution in [1.29, 1.82) is 0 Å². The molecule has 5 rings (SSSR count). The van der Waals surface area contributed by atoms with Crippen LogP contribution in [-0.2, 0) is 6.42 Å². The number of hydrogen-bond donors (Lipinski definition) is 5. The number of amides is 1. The van der Waals surface area contributed by atoms with Crippen molar-refractivity contribution in [3.63, 3.8) is 0 Å². The molecule has 0 radical (unpaired) electrons. The molecule has 7 N–H and O–H groups in total. The summed E-state index contributed by atoms with van der Waals surface area (Å²) in [6.07, 6.45) is 8.03. The average molecular weight is 393 g/mol. The smallest absolute Gasteiger partial charge is 0.254 e. The zero-order chi connectivity index (χ0) is 20.0. The largest absolute Gasteiger partial charge is 0.385 e. The molecule has 2 aliphatic carbocycles. The molecule has 0 saturated heterocycles. The van der Waals surface area contributed by atoms with Crippen molar-refractivity contribution < 1.29 is 4.79 Å². The predicted octanol–water partition coefficient (Wildman–Crippen LogP) is 2.36. The Balaban J connectivity index is 1.41. The van der Waals surface area contributed by atoms with E-state index in [0.29, 0.717) is 17.7 Å². The molecule has 0 bridgehead atoms. The number of nitrogens with one attached hydrogen (secondary N) is 3. The van der Waals surface area contributed by atoms with Crippen LogP contribution in [0.1, 0.15) is 48.0 Å². The van der Waals surface area contributed by atoms with Gasteiger partial charge in [0.15, 0.2) is 0 Å². The molecule has 1 aliphatic heterocycles. The first-order valence-corrected chi connectivity index (χ1v) is 10.4. The first-order valence-electron chi connectivity index (χ1n) is 10.4. The molecule has 1 aromatic heterocycles. The average Bonchev–Trinajstić information content (AvgIpc) is 3.63. The topological polar surface area (TPSA) is 131 Å². The van der Waals surface area contributed by atoms with E-state index in [2.05, 4.69) is 38.1 Å². The van der Waals surface area contributed by atoms with Crippen LogP contribution < -0.4 is 27.4 Å². The number of fused-ring (bicyclic) bond motifs is 1. The Morgan fingerprint density at radius 1 is 1.31 bits per heavy atom. The van der Waals surface area contributed by atoms with E-state index in [1.54, 1.807) is 0 Å². The molecule has 2 heterocycles. The lowest BCUT2D eigenvalue weighted by Gasteiger charge is -2.25. The van der Waals surface area contributed by atoms with Crippen molar-refractivity contribution in [3.05, 3.63) is 35.5 Å². The van der Waals surface area contributed by atoms with E-state index in [1.807, 2.05) is 6.07 Å². The quantitative estimate of drug-likeness (QED) is 0.488. The number of primary amides is 1. The third-order valence-electron chi connectivity index (χ3n) is 6.19. The maximum atomic E-state index is 11.9. The number of aryl methyl sites for hydroxylation is 1. The standard InChI is InChI=1S/C21H27N7O/c22-18(29)15-11-25-20(27-17(12-3-4-12)21(23)7-8-21)28-19(15)26-14-5-6-16-13(10-14)2-1-9-24-16/h5-6,10-12,17,24H,1-4,7-9,23H2,(H2,22,29)(H2,25,26,27,28). The number of hydrogen-bond acceptors (Lipinski definition) is 7. The number of benzene rings is 1. The summed E-state index contributed by atoms with van der Waals surface area (Å²) in [7, 11) is 0. The Morgan fingerprint density at radius 3 is 2.86 bits per heavy atom. The molecule has 29 heavy (non-hydrogen) atoms. The Hall–Kier alpha value is -2.87. The fourth-order valence-electron chi connectivity index (χ4n) is 4.17. The van der Waals surface area contributed by atoms with Crippen molar-refractivity contribution in [1.82, 2.24) is 9.97 Å². The molecule has 0 spiro atoms. The van der Waals surface area contributed by atoms with Gasteiger partial charge in [-0.05, 0) is 68.2 Å². The van der Waals surface area contributed by atoms with Crippen molar-refractivity contribution in [3.8, 4) is 0 Å². The van der Waals surface area contributed by atoms with E-state index in [9.17, 15) is 4.79 Å². The maximum absolute atomic E-state index is 11.9. The minimum absolute atomic E-state index is 0.161. The maximum Gasteiger partial charge on any atom is 0.254 e. The lowest BCUT2D eigenvalue weighted by atomic mass is 10.0. The van der Waals surface area contributed by atoms with Crippen LogP contribution in [0.3, 0.4) is 0 Å². The SMILES string of the molecule is NC(=O)c1cnc(NC(C2CC2)C2(N)CC2)nc1Nc1ccc2c(c1)CCCN2. The number of anilines is 4. The van der Waals surface area contributed by atoms with Crippen LogP contribution in [0.2, 0.25) is 0 Å². The zero-order valence-corrected chi connectivity index (χ0v) is 16.4. The van der Waals surface area contributed by atoms with E-state index >= 15 is 0 Å². The summed E-state index contributed by atoms with van der Waals surface area (Å²) in [4.78, 5) is 20.8. The van der Waals surface area contributed by atoms with Crippen molar-refractivity contribution in [2.45, 2.75) is 50.1 Å². The van der Waals surface area contributed by atoms with E-state index in [1.165, 1.54) is 24.6 Å². The number of nitrogens with two attached hydrogens (primary N) is 2. The van der Waals surface area contributed by atoms with Crippen LogP contribution in [0, 0.1) is 5.92 Å². The molecule has 2 fully saturated rings. The molecule has 1 aromatic carbocycles. The second-order valence-corrected chi connectivity index (χ2v) is 8.54. The number of aromatic nitrogens is 2. The number of rotatable bonds is 7. The first-order chi connectivity index (χ1) is 14.0. The van der Waals surface area contributed by atoms with Gasteiger partial charge in [-0.1, -0.05) is 0 Å². The number of carbonyl (C=O) groups excluding carboxylic acids is 1. The normalized spacial score (nSPS) is 20.2. The second-order valence-electron chi connectivity index (χ2n) is 8.54. The molecule has 3 aliphatic rings. The summed E-state index contributed by atoms with van der Waals surface area (Å²) < 4.78 is 0. The highest BCUT2D eigenvalue weighted by Gasteiger charge is 2.52. The van der Waals surface area contributed by atoms with Gasteiger partial charge in [0.05, 0.1) is 0 Å². The lowest BCUT2D eigenvalue weighted by Crippen LogP contribution is -2.44. The van der Waals surface area contributed by atoms with Crippen LogP contribution in [0.4, 0.5) is 23.1 Å². The molecule has 8 heteroatoms. The molecule has 152 valence electrons. The van der Waals surface area contributed by atoms with Gasteiger partial charge in [-0.15, -0.1) is 0 Å². The molecule has 8 nitrogen and oxygen atoms in total. The summed E-state index contributed by atoms with van der Waals surface area (Å²) in [6.45, 7) is 0.997. The van der Waals surface area contributed by atoms with Crippen LogP contribution in [0.25, 0.3) is 0 Å². The van der Waals surface area contributed by atoms with Gasteiger partial charge < -0.3 is 27.4 Å². The first kappa shape index (κ1) is 18.2. The van der Waals surface area contributed by atoms with Crippen molar-refractivity contribution in [2.24, 2.45) is 17.4 Å². The van der Waals surface area contributed by atoms with Crippen LogP contribution in [0.15, 0.2) is 24.4 Å². The predicted molar refractivity (Wildman–Crippen MR) is 113 cm³/mol. The molecule has 1 unspecified atom stereocenters. The molecular weight excluding hydrogens is 366 g/mol. The summed E-state index contributed by atoms with van der Waals surface area (Å²) in [5.41, 5.74) is 15.4. The van der Waals surface area contributed by atoms with Crippen LogP contribution in [-0.4, -0.2) is 34.0 Å². The Bertz CT molecular complexity index is 952. The molecule has 2 saturated carbocycles. The van der Waals surface area contributed by atoms with Gasteiger partial charge in [-0.2, -0.15) is 4.98 Å².